The van der Waals surface area contributed by atoms with E-state index in [4.69, 9.17) is 0 Å². The van der Waals surface area contributed by atoms with Gasteiger partial charge in [0.2, 0.25) is 20.8 Å². The van der Waals surface area contributed by atoms with Gasteiger partial charge in [-0.3, -0.25) is 8.37 Å². The fourth-order valence-corrected chi connectivity index (χ4v) is 9.38. The zero-order valence-corrected chi connectivity index (χ0v) is 46.3. The SMILES string of the molecule is CCCCCCCCCCCCCCCC(CCCCCCCCC)COS(=O)(=O)[O-].CCCCCCCCCCCCCCCC(CCCCCCCCC)COS(=O)(=O)[O-].[Ca+2]. The second-order valence-electron chi connectivity index (χ2n) is 19.0. The molecule has 0 aliphatic heterocycles. The minimum Gasteiger partial charge on any atom is -0.726 e. The van der Waals surface area contributed by atoms with Crippen molar-refractivity contribution in [1.29, 1.82) is 0 Å². The van der Waals surface area contributed by atoms with Crippen molar-refractivity contribution in [2.75, 3.05) is 13.2 Å². The summed E-state index contributed by atoms with van der Waals surface area (Å²) < 4.78 is 74.1. The summed E-state index contributed by atoms with van der Waals surface area (Å²) >= 11 is 0. The molecule has 0 saturated carbocycles. The summed E-state index contributed by atoms with van der Waals surface area (Å²) in [5.74, 6) is 0.402. The van der Waals surface area contributed by atoms with E-state index in [2.05, 4.69) is 36.1 Å². The molecule has 0 bridgehead atoms. The summed E-state index contributed by atoms with van der Waals surface area (Å²) in [5, 5.41) is 0. The van der Waals surface area contributed by atoms with Crippen molar-refractivity contribution in [3.8, 4) is 0 Å². The largest absolute Gasteiger partial charge is 2.00 e. The first-order valence-corrected chi connectivity index (χ1v) is 29.9. The van der Waals surface area contributed by atoms with Crippen LogP contribution >= 0.6 is 0 Å². The van der Waals surface area contributed by atoms with Gasteiger partial charge in [-0.1, -0.05) is 285 Å². The number of hydrogen-bond acceptors (Lipinski definition) is 8. The van der Waals surface area contributed by atoms with Crippen LogP contribution in [0.3, 0.4) is 0 Å². The van der Waals surface area contributed by atoms with Gasteiger partial charge >= 0.3 is 37.7 Å². The third-order valence-electron chi connectivity index (χ3n) is 12.8. The van der Waals surface area contributed by atoms with Gasteiger partial charge in [-0.25, -0.2) is 16.8 Å². The molecule has 0 N–H and O–H groups in total. The van der Waals surface area contributed by atoms with Crippen LogP contribution in [0.25, 0.3) is 0 Å². The Balaban J connectivity index is -0.00000112. The third kappa shape index (κ3) is 63.0. The summed E-state index contributed by atoms with van der Waals surface area (Å²) in [6, 6.07) is 0. The van der Waals surface area contributed by atoms with Crippen LogP contribution in [-0.2, 0) is 29.2 Å². The van der Waals surface area contributed by atoms with Crippen molar-refractivity contribution in [2.45, 2.75) is 310 Å². The molecule has 0 spiro atoms. The fraction of sp³-hybridized carbons (Fsp3) is 1.00. The first-order chi connectivity index (χ1) is 30.0. The summed E-state index contributed by atoms with van der Waals surface area (Å²) in [6.07, 6.45) is 56.0. The molecule has 0 aromatic heterocycles. The molecule has 0 heterocycles. The molecule has 0 fully saturated rings. The maximum atomic E-state index is 10.8. The quantitative estimate of drug-likeness (QED) is 0.0255. The van der Waals surface area contributed by atoms with Crippen LogP contribution in [0.15, 0.2) is 0 Å². The van der Waals surface area contributed by atoms with E-state index in [-0.39, 0.29) is 62.8 Å². The van der Waals surface area contributed by atoms with Crippen molar-refractivity contribution in [2.24, 2.45) is 11.8 Å². The molecule has 2 unspecified atom stereocenters. The molecule has 0 aliphatic carbocycles. The molecule has 0 amide bonds. The Morgan fingerprint density at radius 2 is 0.429 bits per heavy atom. The summed E-state index contributed by atoms with van der Waals surface area (Å²) in [7, 11) is -9.14. The van der Waals surface area contributed by atoms with Gasteiger partial charge in [0.25, 0.3) is 0 Å². The van der Waals surface area contributed by atoms with Crippen LogP contribution in [0.1, 0.15) is 310 Å². The molecule has 8 nitrogen and oxygen atoms in total. The summed E-state index contributed by atoms with van der Waals surface area (Å²) in [5.41, 5.74) is 0. The van der Waals surface area contributed by atoms with E-state index in [1.807, 2.05) is 0 Å². The summed E-state index contributed by atoms with van der Waals surface area (Å²) in [4.78, 5) is 0. The fourth-order valence-electron chi connectivity index (χ4n) is 8.66. The van der Waals surface area contributed by atoms with Gasteiger partial charge in [0, 0.05) is 0 Å². The molecule has 0 aliphatic rings. The van der Waals surface area contributed by atoms with E-state index in [9.17, 15) is 25.9 Å². The van der Waals surface area contributed by atoms with E-state index in [0.717, 1.165) is 51.4 Å². The van der Waals surface area contributed by atoms with Crippen molar-refractivity contribution < 1.29 is 34.3 Å². The molecule has 0 saturated heterocycles. The average Bonchev–Trinajstić information content (AvgIpc) is 3.23. The van der Waals surface area contributed by atoms with Crippen LogP contribution in [0, 0.1) is 11.8 Å². The van der Waals surface area contributed by atoms with E-state index >= 15 is 0 Å². The normalized spacial score (nSPS) is 12.8. The predicted octanol–water partition coefficient (Wildman–Crippen LogP) is 17.0. The maximum absolute atomic E-state index is 10.8. The van der Waals surface area contributed by atoms with E-state index in [0.29, 0.717) is 0 Å². The molecule has 0 aromatic carbocycles. The van der Waals surface area contributed by atoms with Crippen LogP contribution < -0.4 is 0 Å². The van der Waals surface area contributed by atoms with Crippen LogP contribution in [-0.4, -0.2) is 76.9 Å². The van der Waals surface area contributed by atoms with Crippen molar-refractivity contribution >= 4 is 58.5 Å². The molecule has 2 atom stereocenters. The standard InChI is InChI=1S/2C26H54O4S.Ca/c2*1-3-5-7-9-11-12-13-14-15-16-18-20-22-24-26(25-30-31(27,28)29)23-21-19-17-10-8-6-4-2;/h2*26H,3-25H2,1-2H3,(H,27,28,29);/q;;+2/p-2. The zero-order valence-electron chi connectivity index (χ0n) is 42.5. The van der Waals surface area contributed by atoms with E-state index in [1.54, 1.807) is 0 Å². The molecular weight excluding hydrogens is 857 g/mol. The van der Waals surface area contributed by atoms with E-state index < -0.39 is 20.8 Å². The van der Waals surface area contributed by atoms with Crippen LogP contribution in [0.4, 0.5) is 0 Å². The van der Waals surface area contributed by atoms with Gasteiger partial charge in [0.05, 0.1) is 13.2 Å². The van der Waals surface area contributed by atoms with Gasteiger partial charge in [0.1, 0.15) is 0 Å². The van der Waals surface area contributed by atoms with Crippen molar-refractivity contribution in [3.05, 3.63) is 0 Å². The Morgan fingerprint density at radius 3 is 0.571 bits per heavy atom. The van der Waals surface area contributed by atoms with Crippen LogP contribution in [0.2, 0.25) is 0 Å². The molecule has 0 aromatic rings. The first kappa shape index (κ1) is 68.3. The Kier molecular flexibility index (Phi) is 58.5. The Hall–Kier alpha value is 1.000. The van der Waals surface area contributed by atoms with Gasteiger partial charge in [0.15, 0.2) is 0 Å². The second-order valence-corrected chi connectivity index (χ2v) is 21.1. The first-order valence-electron chi connectivity index (χ1n) is 27.2. The number of unbranched alkanes of at least 4 members (excludes halogenated alkanes) is 36. The van der Waals surface area contributed by atoms with E-state index in [1.165, 1.54) is 231 Å². The molecule has 63 heavy (non-hydrogen) atoms. The monoisotopic (exact) mass is 963 g/mol. The molecular formula is C52H106CaO8S2. The molecule has 0 rings (SSSR count). The maximum Gasteiger partial charge on any atom is 2.00 e. The molecule has 376 valence electrons. The van der Waals surface area contributed by atoms with Gasteiger partial charge in [-0.15, -0.1) is 0 Å². The zero-order chi connectivity index (χ0) is 46.1. The topological polar surface area (TPSA) is 133 Å². The van der Waals surface area contributed by atoms with Crippen LogP contribution in [0.5, 0.6) is 0 Å². The number of hydrogen-bond donors (Lipinski definition) is 0. The minimum absolute atomic E-state index is 0. The van der Waals surface area contributed by atoms with Gasteiger partial charge in [-0.2, -0.15) is 0 Å². The predicted molar refractivity (Wildman–Crippen MR) is 270 cm³/mol. The van der Waals surface area contributed by atoms with Crippen molar-refractivity contribution in [1.82, 2.24) is 0 Å². The number of rotatable bonds is 50. The Bertz CT molecular complexity index is 992. The Morgan fingerprint density at radius 1 is 0.286 bits per heavy atom. The van der Waals surface area contributed by atoms with Gasteiger partial charge in [-0.05, 0) is 37.5 Å². The second kappa shape index (κ2) is 53.9. The molecule has 0 radical (unpaired) electrons. The van der Waals surface area contributed by atoms with Crippen molar-refractivity contribution in [3.63, 3.8) is 0 Å². The summed E-state index contributed by atoms with van der Waals surface area (Å²) in [6.45, 7) is 9.12. The third-order valence-corrected chi connectivity index (χ3v) is 13.6. The Labute approximate surface area is 424 Å². The minimum atomic E-state index is -4.57. The van der Waals surface area contributed by atoms with Gasteiger partial charge < -0.3 is 9.11 Å². The average molecular weight is 964 g/mol. The molecule has 11 heteroatoms. The smallest absolute Gasteiger partial charge is 0.726 e.